The Balaban J connectivity index is 0.00000124. The molecule has 0 aliphatic carbocycles. The van der Waals surface area contributed by atoms with Crippen molar-refractivity contribution in [2.24, 2.45) is 0 Å². The summed E-state index contributed by atoms with van der Waals surface area (Å²) in [5.41, 5.74) is 2.92. The zero-order chi connectivity index (χ0) is 21.3. The number of likely N-dealkylation sites (N-methyl/N-ethyl adjacent to an activating group) is 1. The lowest BCUT2D eigenvalue weighted by Crippen LogP contribution is -2.46. The van der Waals surface area contributed by atoms with Crippen LogP contribution < -0.4 is 0 Å². The monoisotopic (exact) mass is 390 g/mol. The van der Waals surface area contributed by atoms with E-state index in [-0.39, 0.29) is 6.04 Å². The molecule has 2 aromatic carbocycles. The Kier molecular flexibility index (Phi) is 6.25. The maximum Gasteiger partial charge on any atom is 0.173 e. The molecule has 1 aliphatic rings. The molecule has 0 radical (unpaired) electrons. The van der Waals surface area contributed by atoms with Gasteiger partial charge in [0.05, 0.1) is 24.2 Å². The van der Waals surface area contributed by atoms with Gasteiger partial charge < -0.3 is 4.90 Å². The number of hydrogen-bond donors (Lipinski definition) is 0. The quantitative estimate of drug-likeness (QED) is 0.667. The highest BCUT2D eigenvalue weighted by Gasteiger charge is 2.30. The standard InChI is InChI=1S/C21H23N7.CH4/c1-26-11-13-27(14-12-26)20(19-9-7-17(15-22)8-10-19)21-23-24-25-28(21)16-18-5-3-2-4-6-18;/h2-10,20H,11-14,16H2,1H3;1H4/i;1D. The molecule has 0 spiro atoms. The van der Waals surface area contributed by atoms with Crippen molar-refractivity contribution < 1.29 is 1.37 Å². The first kappa shape index (κ1) is 19.2. The van der Waals surface area contributed by atoms with Crippen LogP contribution in [0.15, 0.2) is 54.6 Å². The molecule has 4 rings (SSSR count). The summed E-state index contributed by atoms with van der Waals surface area (Å²) in [5, 5.41) is 21.8. The third-order valence-electron chi connectivity index (χ3n) is 5.24. The molecule has 1 atom stereocenters. The number of aromatic nitrogens is 4. The molecule has 7 nitrogen and oxygen atoms in total. The third-order valence-corrected chi connectivity index (χ3v) is 5.24. The predicted molar refractivity (Wildman–Crippen MR) is 112 cm³/mol. The molecule has 2 heterocycles. The Labute approximate surface area is 173 Å². The van der Waals surface area contributed by atoms with Crippen molar-refractivity contribution in [3.63, 3.8) is 0 Å². The Morgan fingerprint density at radius 1 is 1.07 bits per heavy atom. The lowest BCUT2D eigenvalue weighted by atomic mass is 10.0. The lowest BCUT2D eigenvalue weighted by Gasteiger charge is -2.37. The van der Waals surface area contributed by atoms with Crippen LogP contribution in [-0.2, 0) is 6.54 Å². The molecular formula is C22H27N7. The fourth-order valence-corrected chi connectivity index (χ4v) is 3.62. The second-order valence-electron chi connectivity index (χ2n) is 7.16. The summed E-state index contributed by atoms with van der Waals surface area (Å²) in [6.45, 7) is 4.53. The number of rotatable bonds is 5. The van der Waals surface area contributed by atoms with E-state index in [2.05, 4.69) is 50.6 Å². The fraction of sp³-hybridized carbons (Fsp3) is 0.364. The minimum absolute atomic E-state index is 0.0415. The van der Waals surface area contributed by atoms with Crippen LogP contribution in [0.25, 0.3) is 0 Å². The van der Waals surface area contributed by atoms with Gasteiger partial charge in [0, 0.05) is 27.5 Å². The average Bonchev–Trinajstić information content (AvgIpc) is 3.25. The Morgan fingerprint density at radius 3 is 2.41 bits per heavy atom. The molecule has 7 heteroatoms. The normalized spacial score (nSPS) is 16.2. The van der Waals surface area contributed by atoms with Crippen LogP contribution in [0.4, 0.5) is 0 Å². The number of benzene rings is 2. The van der Waals surface area contributed by atoms with Gasteiger partial charge in [0.25, 0.3) is 0 Å². The highest BCUT2D eigenvalue weighted by atomic mass is 15.6. The first-order valence-electron chi connectivity index (χ1n) is 10.5. The van der Waals surface area contributed by atoms with E-state index in [0.717, 1.165) is 43.1 Å². The molecule has 0 N–H and O–H groups in total. The van der Waals surface area contributed by atoms with E-state index in [0.29, 0.717) is 12.1 Å². The highest BCUT2D eigenvalue weighted by molar-refractivity contribution is 5.35. The molecule has 29 heavy (non-hydrogen) atoms. The number of tetrazole rings is 1. The van der Waals surface area contributed by atoms with E-state index in [1.54, 1.807) is 0 Å². The minimum atomic E-state index is -0.0415. The van der Waals surface area contributed by atoms with Crippen molar-refractivity contribution in [3.05, 3.63) is 77.1 Å². The summed E-state index contributed by atoms with van der Waals surface area (Å²) in [6, 6.07) is 20.1. The van der Waals surface area contributed by atoms with Crippen LogP contribution >= 0.6 is 0 Å². The molecular weight excluding hydrogens is 362 g/mol. The predicted octanol–water partition coefficient (Wildman–Crippen LogP) is 2.57. The summed E-state index contributed by atoms with van der Waals surface area (Å²) < 4.78 is 7.64. The van der Waals surface area contributed by atoms with E-state index in [9.17, 15) is 0 Å². The van der Waals surface area contributed by atoms with Crippen LogP contribution in [0, 0.1) is 11.3 Å². The summed E-state index contributed by atoms with van der Waals surface area (Å²) in [4.78, 5) is 4.76. The first-order valence-corrected chi connectivity index (χ1v) is 9.47. The largest absolute Gasteiger partial charge is 0.304 e. The van der Waals surface area contributed by atoms with Gasteiger partial charge in [-0.3, -0.25) is 4.90 Å². The fourth-order valence-electron chi connectivity index (χ4n) is 3.62. The van der Waals surface area contributed by atoms with E-state index in [4.69, 9.17) is 6.63 Å². The van der Waals surface area contributed by atoms with Crippen molar-refractivity contribution in [1.82, 2.24) is 30.0 Å². The molecule has 0 saturated carbocycles. The summed E-state index contributed by atoms with van der Waals surface area (Å²) in [7, 11) is 3.40. The highest BCUT2D eigenvalue weighted by Crippen LogP contribution is 2.28. The van der Waals surface area contributed by atoms with Gasteiger partial charge >= 0.3 is 0 Å². The van der Waals surface area contributed by atoms with Crippen LogP contribution in [-0.4, -0.2) is 63.2 Å². The maximum atomic E-state index is 9.13. The smallest absolute Gasteiger partial charge is 0.173 e. The second-order valence-corrected chi connectivity index (χ2v) is 7.16. The Morgan fingerprint density at radius 2 is 1.76 bits per heavy atom. The van der Waals surface area contributed by atoms with Gasteiger partial charge in [-0.1, -0.05) is 49.9 Å². The van der Waals surface area contributed by atoms with E-state index in [1.165, 1.54) is 7.40 Å². The number of nitriles is 1. The summed E-state index contributed by atoms with van der Waals surface area (Å²) in [6.07, 6.45) is 0. The number of piperazine rings is 1. The Hall–Kier alpha value is -3.08. The number of nitrogens with zero attached hydrogens (tertiary/aromatic N) is 7. The van der Waals surface area contributed by atoms with Gasteiger partial charge in [-0.25, -0.2) is 4.68 Å². The van der Waals surface area contributed by atoms with Gasteiger partial charge in [0.1, 0.15) is 0 Å². The minimum Gasteiger partial charge on any atom is -0.304 e. The molecule has 1 saturated heterocycles. The zero-order valence-electron chi connectivity index (χ0n) is 17.9. The van der Waals surface area contributed by atoms with Crippen molar-refractivity contribution in [2.75, 3.05) is 33.2 Å². The molecule has 150 valence electrons. The average molecular weight is 391 g/mol. The lowest BCUT2D eigenvalue weighted by molar-refractivity contribution is 0.121. The molecule has 1 fully saturated rings. The van der Waals surface area contributed by atoms with Gasteiger partial charge in [-0.05, 0) is 40.7 Å². The number of hydrogen-bond acceptors (Lipinski definition) is 6. The van der Waals surface area contributed by atoms with Crippen LogP contribution in [0.5, 0.6) is 0 Å². The molecule has 1 aliphatic heterocycles. The zero-order valence-corrected chi connectivity index (χ0v) is 16.9. The second kappa shape index (κ2) is 9.41. The van der Waals surface area contributed by atoms with Crippen LogP contribution in [0.3, 0.4) is 0 Å². The van der Waals surface area contributed by atoms with Crippen molar-refractivity contribution >= 4 is 0 Å². The van der Waals surface area contributed by atoms with Gasteiger partial charge in [-0.15, -0.1) is 5.10 Å². The molecule has 3 aromatic rings. The van der Waals surface area contributed by atoms with E-state index in [1.807, 2.05) is 47.1 Å². The third kappa shape index (κ3) is 4.67. The molecule has 0 amide bonds. The Bertz CT molecular complexity index is 942. The summed E-state index contributed by atoms with van der Waals surface area (Å²) in [5.74, 6) is 0.832. The van der Waals surface area contributed by atoms with Gasteiger partial charge in [0.15, 0.2) is 5.82 Å². The molecule has 0 bridgehead atoms. The molecule has 1 aromatic heterocycles. The first-order chi connectivity index (χ1) is 14.7. The van der Waals surface area contributed by atoms with Crippen molar-refractivity contribution in [2.45, 2.75) is 20.0 Å². The van der Waals surface area contributed by atoms with Gasteiger partial charge in [0.2, 0.25) is 0 Å². The van der Waals surface area contributed by atoms with Crippen LogP contribution in [0.2, 0.25) is 0 Å². The van der Waals surface area contributed by atoms with Crippen molar-refractivity contribution in [3.8, 4) is 6.07 Å². The molecule has 1 unspecified atom stereocenters. The van der Waals surface area contributed by atoms with E-state index < -0.39 is 0 Å². The SMILES string of the molecule is CN1CCN(C(c2ccc(C#N)cc2)c2nnnn2Cc2ccccc2)CC1.[2H]C. The van der Waals surface area contributed by atoms with Crippen LogP contribution in [0.1, 0.15) is 37.3 Å². The van der Waals surface area contributed by atoms with E-state index >= 15 is 0 Å². The van der Waals surface area contributed by atoms with Crippen molar-refractivity contribution in [1.29, 1.82) is 5.26 Å². The topological polar surface area (TPSA) is 73.9 Å². The maximum absolute atomic E-state index is 9.13. The summed E-state index contributed by atoms with van der Waals surface area (Å²) >= 11 is 0. The van der Waals surface area contributed by atoms with Gasteiger partial charge in [-0.2, -0.15) is 5.26 Å².